The van der Waals surface area contributed by atoms with Crippen molar-refractivity contribution in [2.24, 2.45) is 0 Å². The van der Waals surface area contributed by atoms with E-state index in [1.54, 1.807) is 19.9 Å². The molecule has 0 aliphatic carbocycles. The fourth-order valence-corrected chi connectivity index (χ4v) is 1.32. The number of carbonyl (C=O) groups excluding carboxylic acids is 1. The first-order valence-corrected chi connectivity index (χ1v) is 5.49. The van der Waals surface area contributed by atoms with Gasteiger partial charge in [0.1, 0.15) is 22.9 Å². The van der Waals surface area contributed by atoms with Gasteiger partial charge in [-0.15, -0.1) is 0 Å². The Kier molecular flexibility index (Phi) is 5.08. The minimum Gasteiger partial charge on any atom is -0.462 e. The lowest BCUT2D eigenvalue weighted by molar-refractivity contribution is -0.138. The maximum atomic E-state index is 11.3. The van der Waals surface area contributed by atoms with E-state index in [1.807, 2.05) is 0 Å². The molecule has 1 aromatic rings. The van der Waals surface area contributed by atoms with Gasteiger partial charge in [-0.2, -0.15) is 5.26 Å². The van der Waals surface area contributed by atoms with Gasteiger partial charge in [0.2, 0.25) is 0 Å². The first-order chi connectivity index (χ1) is 8.56. The molecule has 18 heavy (non-hydrogen) atoms. The van der Waals surface area contributed by atoms with E-state index >= 15 is 0 Å². The highest BCUT2D eigenvalue weighted by molar-refractivity contribution is 6.29. The molecule has 0 aliphatic rings. The van der Waals surface area contributed by atoms with Crippen molar-refractivity contribution in [3.05, 3.63) is 28.8 Å². The molecule has 1 N–H and O–H groups in total. The first kappa shape index (κ1) is 13.9. The third-order valence-corrected chi connectivity index (χ3v) is 1.98. The summed E-state index contributed by atoms with van der Waals surface area (Å²) in [5, 5.41) is 11.8. The van der Waals surface area contributed by atoms with Crippen LogP contribution in [-0.2, 0) is 9.53 Å². The van der Waals surface area contributed by atoms with Gasteiger partial charge >= 0.3 is 5.97 Å². The molecule has 0 saturated carbocycles. The third kappa shape index (κ3) is 4.03. The van der Waals surface area contributed by atoms with Crippen molar-refractivity contribution in [1.29, 1.82) is 5.26 Å². The van der Waals surface area contributed by atoms with Gasteiger partial charge in [-0.25, -0.2) is 14.8 Å². The Labute approximate surface area is 109 Å². The summed E-state index contributed by atoms with van der Waals surface area (Å²) in [6.45, 7) is 3.54. The summed E-state index contributed by atoms with van der Waals surface area (Å²) in [6.07, 6.45) is 1.22. The zero-order valence-electron chi connectivity index (χ0n) is 9.90. The predicted molar refractivity (Wildman–Crippen MR) is 65.7 cm³/mol. The van der Waals surface area contributed by atoms with E-state index in [4.69, 9.17) is 21.6 Å². The normalized spacial score (nSPS) is 10.7. The molecule has 1 heterocycles. The molecule has 0 spiro atoms. The maximum Gasteiger partial charge on any atom is 0.350 e. The topological polar surface area (TPSA) is 87.9 Å². The highest BCUT2D eigenvalue weighted by Crippen LogP contribution is 2.11. The summed E-state index contributed by atoms with van der Waals surface area (Å²) in [7, 11) is 0. The number of aryl methyl sites for hydroxylation is 1. The fourth-order valence-electron chi connectivity index (χ4n) is 1.10. The molecule has 0 bridgehead atoms. The van der Waals surface area contributed by atoms with Gasteiger partial charge in [-0.3, -0.25) is 0 Å². The minimum atomic E-state index is -0.690. The van der Waals surface area contributed by atoms with E-state index in [-0.39, 0.29) is 17.3 Å². The number of anilines is 1. The van der Waals surface area contributed by atoms with E-state index in [9.17, 15) is 4.79 Å². The molecule has 0 saturated heterocycles. The number of nitriles is 1. The van der Waals surface area contributed by atoms with Gasteiger partial charge in [-0.1, -0.05) is 11.6 Å². The summed E-state index contributed by atoms with van der Waals surface area (Å²) in [6, 6.07) is 3.21. The lowest BCUT2D eigenvalue weighted by Gasteiger charge is -2.03. The number of aromatic nitrogens is 2. The summed E-state index contributed by atoms with van der Waals surface area (Å²) in [4.78, 5) is 19.2. The van der Waals surface area contributed by atoms with E-state index < -0.39 is 5.97 Å². The van der Waals surface area contributed by atoms with Crippen molar-refractivity contribution >= 4 is 23.4 Å². The zero-order chi connectivity index (χ0) is 13.5. The summed E-state index contributed by atoms with van der Waals surface area (Å²) < 4.78 is 4.70. The van der Waals surface area contributed by atoms with Gasteiger partial charge in [-0.05, 0) is 13.8 Å². The number of hydrogen-bond acceptors (Lipinski definition) is 6. The summed E-state index contributed by atoms with van der Waals surface area (Å²) >= 11 is 5.74. The highest BCUT2D eigenvalue weighted by atomic mass is 35.5. The number of hydrogen-bond donors (Lipinski definition) is 1. The summed E-state index contributed by atoms with van der Waals surface area (Å²) in [5.41, 5.74) is -0.149. The fraction of sp³-hybridized carbons (Fsp3) is 0.273. The van der Waals surface area contributed by atoms with Crippen LogP contribution in [0.15, 0.2) is 17.8 Å². The van der Waals surface area contributed by atoms with Gasteiger partial charge in [0, 0.05) is 12.3 Å². The van der Waals surface area contributed by atoms with Gasteiger partial charge in [0.15, 0.2) is 5.57 Å². The molecule has 6 nitrogen and oxygen atoms in total. The molecule has 94 valence electrons. The van der Waals surface area contributed by atoms with Crippen LogP contribution in [0.25, 0.3) is 0 Å². The average Bonchev–Trinajstić information content (AvgIpc) is 2.29. The molecule has 1 rings (SSSR count). The van der Waals surface area contributed by atoms with E-state index in [0.717, 1.165) is 0 Å². The van der Waals surface area contributed by atoms with Crippen LogP contribution in [-0.4, -0.2) is 22.5 Å². The van der Waals surface area contributed by atoms with Crippen molar-refractivity contribution in [2.75, 3.05) is 11.9 Å². The van der Waals surface area contributed by atoms with Crippen LogP contribution in [0.1, 0.15) is 12.7 Å². The predicted octanol–water partition coefficient (Wildman–Crippen LogP) is 1.82. The average molecular weight is 267 g/mol. The molecule has 0 aromatic carbocycles. The number of ether oxygens (including phenoxy) is 1. The second-order valence-electron chi connectivity index (χ2n) is 3.16. The molecule has 0 radical (unpaired) electrons. The van der Waals surface area contributed by atoms with Crippen molar-refractivity contribution in [1.82, 2.24) is 9.97 Å². The largest absolute Gasteiger partial charge is 0.462 e. The molecule has 7 heteroatoms. The number of nitrogens with one attached hydrogen (secondary N) is 1. The lowest BCUT2D eigenvalue weighted by Crippen LogP contribution is -2.08. The van der Waals surface area contributed by atoms with Gasteiger partial charge in [0.05, 0.1) is 6.61 Å². The van der Waals surface area contributed by atoms with Crippen molar-refractivity contribution < 1.29 is 9.53 Å². The molecule has 1 aromatic heterocycles. The van der Waals surface area contributed by atoms with Crippen molar-refractivity contribution in [3.8, 4) is 6.07 Å². The van der Waals surface area contributed by atoms with Crippen molar-refractivity contribution in [2.45, 2.75) is 13.8 Å². The summed E-state index contributed by atoms with van der Waals surface area (Å²) in [5.74, 6) is 0.182. The van der Waals surface area contributed by atoms with Gasteiger partial charge < -0.3 is 10.1 Å². The Morgan fingerprint density at radius 2 is 2.39 bits per heavy atom. The molecule has 0 amide bonds. The molecule has 0 aliphatic heterocycles. The quantitative estimate of drug-likeness (QED) is 0.387. The second kappa shape index (κ2) is 6.57. The molecule has 0 unspecified atom stereocenters. The third-order valence-electron chi connectivity index (χ3n) is 1.79. The second-order valence-corrected chi connectivity index (χ2v) is 3.54. The van der Waals surface area contributed by atoms with E-state index in [2.05, 4.69) is 15.3 Å². The Balaban J connectivity index is 2.83. The number of nitrogens with zero attached hydrogens (tertiary/aromatic N) is 3. The van der Waals surface area contributed by atoms with Crippen LogP contribution < -0.4 is 5.32 Å². The van der Waals surface area contributed by atoms with Crippen LogP contribution in [0.3, 0.4) is 0 Å². The van der Waals surface area contributed by atoms with Crippen LogP contribution in [0.2, 0.25) is 5.15 Å². The molecule has 0 fully saturated rings. The Morgan fingerprint density at radius 3 is 2.94 bits per heavy atom. The standard InChI is InChI=1S/C11H11ClN4O2/c1-3-18-11(17)8(5-13)6-14-10-4-9(12)15-7(2)16-10/h4,6H,3H2,1-2H3,(H,14,15,16)/b8-6-. The number of rotatable bonds is 4. The van der Waals surface area contributed by atoms with Gasteiger partial charge in [0.25, 0.3) is 0 Å². The monoisotopic (exact) mass is 266 g/mol. The molecule has 0 atom stereocenters. The van der Waals surface area contributed by atoms with E-state index in [0.29, 0.717) is 11.6 Å². The SMILES string of the molecule is CCOC(=O)/C(C#N)=C\Nc1cc(Cl)nc(C)n1. The molecular weight excluding hydrogens is 256 g/mol. The van der Waals surface area contributed by atoms with Crippen LogP contribution in [0.4, 0.5) is 5.82 Å². The number of esters is 1. The Bertz CT molecular complexity index is 502. The lowest BCUT2D eigenvalue weighted by atomic mass is 10.3. The van der Waals surface area contributed by atoms with Crippen LogP contribution in [0.5, 0.6) is 0 Å². The Hall–Kier alpha value is -2.13. The van der Waals surface area contributed by atoms with Crippen LogP contribution in [0, 0.1) is 18.3 Å². The van der Waals surface area contributed by atoms with Crippen LogP contribution >= 0.6 is 11.6 Å². The maximum absolute atomic E-state index is 11.3. The smallest absolute Gasteiger partial charge is 0.350 e. The van der Waals surface area contributed by atoms with E-state index in [1.165, 1.54) is 12.3 Å². The zero-order valence-corrected chi connectivity index (χ0v) is 10.7. The Morgan fingerprint density at radius 1 is 1.67 bits per heavy atom. The number of halogens is 1. The molecular formula is C11H11ClN4O2. The highest BCUT2D eigenvalue weighted by Gasteiger charge is 2.09. The minimum absolute atomic E-state index is 0.149. The first-order valence-electron chi connectivity index (χ1n) is 5.12. The number of carbonyl (C=O) groups is 1. The van der Waals surface area contributed by atoms with Crippen molar-refractivity contribution in [3.63, 3.8) is 0 Å².